The van der Waals surface area contributed by atoms with Gasteiger partial charge in [0.25, 0.3) is 0 Å². The summed E-state index contributed by atoms with van der Waals surface area (Å²) in [6.45, 7) is 8.42. The van der Waals surface area contributed by atoms with Crippen LogP contribution in [0.5, 0.6) is 0 Å². The van der Waals surface area contributed by atoms with E-state index in [4.69, 9.17) is 39.6 Å². The minimum Gasteiger partial charge on any atom is -0.473 e. The van der Waals surface area contributed by atoms with Gasteiger partial charge in [0.05, 0.1) is 0 Å². The van der Waals surface area contributed by atoms with Crippen LogP contribution in [0, 0.1) is 0 Å². The number of hydrogen-bond acceptors (Lipinski definition) is 6. The third-order valence-corrected chi connectivity index (χ3v) is 9.24. The van der Waals surface area contributed by atoms with E-state index in [0.717, 1.165) is 6.54 Å². The maximum atomic E-state index is 9.10. The van der Waals surface area contributed by atoms with Gasteiger partial charge in [0.1, 0.15) is 0 Å². The zero-order chi connectivity index (χ0) is 37.3. The average molecular weight is 710 g/mol. The van der Waals surface area contributed by atoms with E-state index < -0.39 is 23.9 Å². The van der Waals surface area contributed by atoms with Crippen LogP contribution in [0.2, 0.25) is 0 Å². The number of rotatable bonds is 12. The van der Waals surface area contributed by atoms with Crippen molar-refractivity contribution in [2.75, 3.05) is 39.3 Å². The van der Waals surface area contributed by atoms with Gasteiger partial charge in [0.2, 0.25) is 0 Å². The molecule has 0 radical (unpaired) electrons. The molecule has 4 aromatic carbocycles. The number of aryl methyl sites for hydroxylation is 1. The van der Waals surface area contributed by atoms with Crippen molar-refractivity contribution < 1.29 is 39.6 Å². The molecule has 5 aromatic rings. The second-order valence-corrected chi connectivity index (χ2v) is 12.7. The zero-order valence-electron chi connectivity index (χ0n) is 29.2. The van der Waals surface area contributed by atoms with E-state index in [0.29, 0.717) is 5.92 Å². The lowest BCUT2D eigenvalue weighted by atomic mass is 9.87. The minimum atomic E-state index is -1.82. The van der Waals surface area contributed by atoms with E-state index in [1.54, 1.807) is 0 Å². The van der Waals surface area contributed by atoms with Crippen molar-refractivity contribution in [2.24, 2.45) is 0 Å². The Morgan fingerprint density at radius 2 is 0.808 bits per heavy atom. The number of carbonyl (C=O) groups is 4. The fraction of sp³-hybridized carbons (Fsp3) is 0.317. The fourth-order valence-corrected chi connectivity index (χ4v) is 6.67. The van der Waals surface area contributed by atoms with Crippen LogP contribution in [-0.2, 0) is 25.7 Å². The molecule has 0 aliphatic carbocycles. The number of unbranched alkanes of at least 4 members (excludes halogenated alkanes) is 2. The summed E-state index contributed by atoms with van der Waals surface area (Å²) in [5.41, 5.74) is 5.63. The molecule has 11 heteroatoms. The predicted octanol–water partition coefficient (Wildman–Crippen LogP) is 6.51. The molecular formula is C41H47N3O8. The number of piperazine rings is 1. The highest BCUT2D eigenvalue weighted by Crippen LogP contribution is 2.30. The Labute approximate surface area is 303 Å². The summed E-state index contributed by atoms with van der Waals surface area (Å²) >= 11 is 0. The van der Waals surface area contributed by atoms with Crippen molar-refractivity contribution >= 4 is 45.7 Å². The van der Waals surface area contributed by atoms with Crippen molar-refractivity contribution in [3.63, 3.8) is 0 Å². The van der Waals surface area contributed by atoms with Crippen LogP contribution in [0.4, 0.5) is 0 Å². The number of aliphatic carboxylic acids is 4. The number of aromatic nitrogens is 1. The Morgan fingerprint density at radius 3 is 1.21 bits per heavy atom. The molecule has 1 aliphatic heterocycles. The highest BCUT2D eigenvalue weighted by molar-refractivity contribution is 6.27. The molecule has 52 heavy (non-hydrogen) atoms. The lowest BCUT2D eigenvalue weighted by Crippen LogP contribution is -2.46. The van der Waals surface area contributed by atoms with E-state index in [2.05, 4.69) is 124 Å². The van der Waals surface area contributed by atoms with Crippen molar-refractivity contribution in [1.82, 2.24) is 14.4 Å². The number of para-hydroxylation sites is 2. The van der Waals surface area contributed by atoms with Gasteiger partial charge in [-0.15, -0.1) is 0 Å². The topological polar surface area (TPSA) is 161 Å². The highest BCUT2D eigenvalue weighted by atomic mass is 16.4. The van der Waals surface area contributed by atoms with Crippen molar-refractivity contribution in [2.45, 2.75) is 44.6 Å². The molecule has 0 bridgehead atoms. The molecule has 6 rings (SSSR count). The Hall–Kier alpha value is -5.52. The molecule has 1 aromatic heterocycles. The first kappa shape index (κ1) is 39.3. The number of hydrogen-bond donors (Lipinski definition) is 4. The molecule has 0 saturated carbocycles. The number of nitrogens with zero attached hydrogens (tertiary/aromatic N) is 3. The van der Waals surface area contributed by atoms with Crippen LogP contribution in [0.1, 0.15) is 49.1 Å². The molecule has 0 spiro atoms. The van der Waals surface area contributed by atoms with E-state index in [-0.39, 0.29) is 0 Å². The Kier molecular flexibility index (Phi) is 15.4. The maximum Gasteiger partial charge on any atom is 0.414 e. The average Bonchev–Trinajstić information content (AvgIpc) is 3.48. The van der Waals surface area contributed by atoms with Gasteiger partial charge < -0.3 is 34.8 Å². The van der Waals surface area contributed by atoms with Crippen molar-refractivity contribution in [1.29, 1.82) is 0 Å². The SMILES string of the molecule is O=C(O)C(=O)O.O=C(O)C(=O)O.c1ccc(C(CCCCN2CCN(CCCCn3c4ccccc4c4ccccc43)CC2)c2ccccc2)cc1. The summed E-state index contributed by atoms with van der Waals surface area (Å²) in [6.07, 6.45) is 6.28. The molecule has 0 atom stereocenters. The first-order chi connectivity index (χ1) is 25.2. The van der Waals surface area contributed by atoms with Gasteiger partial charge in [-0.2, -0.15) is 0 Å². The standard InChI is InChI=1S/C37H43N3.2C2H2O4/c1-3-15-31(16-4-1)33(32-17-5-2-6-18-32)19-11-12-24-38-27-29-39(30-28-38)25-13-14-26-40-36-22-9-7-20-34(36)35-21-8-10-23-37(35)40;2*3-1(4)2(5)6/h1-10,15-18,20-23,33H,11-14,19,24-30H2;2*(H,3,4)(H,5,6). The van der Waals surface area contributed by atoms with Crippen molar-refractivity contribution in [3.05, 3.63) is 120 Å². The van der Waals surface area contributed by atoms with Gasteiger partial charge in [0, 0.05) is 60.4 Å². The summed E-state index contributed by atoms with van der Waals surface area (Å²) in [5, 5.41) is 32.3. The van der Waals surface area contributed by atoms with Crippen LogP contribution in [0.15, 0.2) is 109 Å². The number of carboxylic acids is 4. The molecule has 2 heterocycles. The smallest absolute Gasteiger partial charge is 0.414 e. The monoisotopic (exact) mass is 709 g/mol. The third kappa shape index (κ3) is 11.8. The fourth-order valence-electron chi connectivity index (χ4n) is 6.67. The van der Waals surface area contributed by atoms with Gasteiger partial charge in [-0.05, 0) is 62.0 Å². The second-order valence-electron chi connectivity index (χ2n) is 12.7. The third-order valence-electron chi connectivity index (χ3n) is 9.24. The van der Waals surface area contributed by atoms with Crippen LogP contribution in [0.3, 0.4) is 0 Å². The van der Waals surface area contributed by atoms with Gasteiger partial charge in [-0.1, -0.05) is 103 Å². The normalized spacial score (nSPS) is 13.2. The van der Waals surface area contributed by atoms with Crippen LogP contribution in [-0.4, -0.2) is 97.9 Å². The first-order valence-corrected chi connectivity index (χ1v) is 17.6. The molecule has 0 unspecified atom stereocenters. The van der Waals surface area contributed by atoms with E-state index in [1.807, 2.05) is 0 Å². The molecule has 274 valence electrons. The second kappa shape index (κ2) is 20.4. The van der Waals surface area contributed by atoms with Crippen molar-refractivity contribution in [3.8, 4) is 0 Å². The number of benzene rings is 4. The van der Waals surface area contributed by atoms with Gasteiger partial charge in [-0.25, -0.2) is 19.2 Å². The number of fused-ring (bicyclic) bond motifs is 3. The lowest BCUT2D eigenvalue weighted by molar-refractivity contribution is -0.159. The van der Waals surface area contributed by atoms with Crippen LogP contribution >= 0.6 is 0 Å². The Bertz CT molecular complexity index is 1750. The quantitative estimate of drug-likeness (QED) is 0.0831. The predicted molar refractivity (Wildman–Crippen MR) is 201 cm³/mol. The van der Waals surface area contributed by atoms with E-state index in [9.17, 15) is 0 Å². The summed E-state index contributed by atoms with van der Waals surface area (Å²) in [6, 6.07) is 39.8. The highest BCUT2D eigenvalue weighted by Gasteiger charge is 2.18. The molecule has 1 fully saturated rings. The van der Waals surface area contributed by atoms with Gasteiger partial charge in [-0.3, -0.25) is 0 Å². The van der Waals surface area contributed by atoms with Crippen LogP contribution < -0.4 is 0 Å². The van der Waals surface area contributed by atoms with Gasteiger partial charge in [0.15, 0.2) is 0 Å². The Balaban J connectivity index is 0.000000436. The summed E-state index contributed by atoms with van der Waals surface area (Å²) in [7, 11) is 0. The van der Waals surface area contributed by atoms with Gasteiger partial charge >= 0.3 is 23.9 Å². The molecule has 11 nitrogen and oxygen atoms in total. The first-order valence-electron chi connectivity index (χ1n) is 17.6. The maximum absolute atomic E-state index is 9.10. The largest absolute Gasteiger partial charge is 0.473 e. The molecular weight excluding hydrogens is 662 g/mol. The Morgan fingerprint density at radius 1 is 0.462 bits per heavy atom. The van der Waals surface area contributed by atoms with Crippen LogP contribution in [0.25, 0.3) is 21.8 Å². The minimum absolute atomic E-state index is 0.502. The van der Waals surface area contributed by atoms with E-state index >= 15 is 0 Å². The zero-order valence-corrected chi connectivity index (χ0v) is 29.2. The lowest BCUT2D eigenvalue weighted by Gasteiger charge is -2.34. The molecule has 1 saturated heterocycles. The summed E-state index contributed by atoms with van der Waals surface area (Å²) < 4.78 is 2.53. The molecule has 0 amide bonds. The number of carboxylic acid groups (broad SMARTS) is 4. The van der Waals surface area contributed by atoms with E-state index in [1.165, 1.54) is 104 Å². The molecule has 4 N–H and O–H groups in total. The summed E-state index contributed by atoms with van der Waals surface area (Å²) in [4.78, 5) is 41.8. The summed E-state index contributed by atoms with van der Waals surface area (Å²) in [5.74, 6) is -6.79. The molecule has 1 aliphatic rings.